The molecule has 1 saturated heterocycles. The molecule has 4 aliphatic carbocycles. The molecule has 6 aliphatic heterocycles. The standard InChI is InChI=1S/2C18H16F2N4O2.C17H17ClFN3O2.C16H13ClF3N3O2.C16H14ClF2N3O2/c2*1-9-4-10(6-21)14(20)5-13(9)15-16(17(25)22-12-2-3-12)23-24-7-11(19)8-26-18(15)24;1-9-7-12(18)13(19)8-11(9)14-15(16(23)20-10-3-4-10)21-22-5-2-6-24-17(14)22;17-10-4-11(19)9(3-12(10)20)13-14(15(24)21-8-1-2-8)22-23-5-7(18)6-25-16(13)23;17-10-8-11(18)9(7-12(10)19)13-14(15(23)21-3-1-4-21)20-22-5-2-6-24-16(13)22/h2*4-5,11-12H,2-3,7-8H2,1H3,(H,22,25);7-8,10H,2-6H2,1H3,(H,20,23);3-4,7-8H,1-2,5-6H2,(H,21,24);7-8H,1-6H2/t11-;;;7-;/m1..0./s1. The van der Waals surface area contributed by atoms with Crippen molar-refractivity contribution in [2.24, 2.45) is 0 Å². The third-order valence-electron chi connectivity index (χ3n) is 21.7. The number of ether oxygens (including phenoxy) is 5. The second-order valence-electron chi connectivity index (χ2n) is 31.5. The highest BCUT2D eigenvalue weighted by atomic mass is 35.5. The van der Waals surface area contributed by atoms with E-state index in [9.17, 15) is 67.9 Å². The van der Waals surface area contributed by atoms with Crippen molar-refractivity contribution in [1.82, 2.24) is 75.1 Å². The highest BCUT2D eigenvalue weighted by molar-refractivity contribution is 6.31. The van der Waals surface area contributed by atoms with E-state index in [-0.39, 0.29) is 170 Å². The van der Waals surface area contributed by atoms with E-state index in [0.29, 0.717) is 95.7 Å². The summed E-state index contributed by atoms with van der Waals surface area (Å²) >= 11 is 17.1. The molecule has 27 nitrogen and oxygen atoms in total. The Labute approximate surface area is 720 Å². The first-order valence-electron chi connectivity index (χ1n) is 40.3. The van der Waals surface area contributed by atoms with Gasteiger partial charge in [0.05, 0.1) is 86.9 Å². The van der Waals surface area contributed by atoms with Crippen molar-refractivity contribution < 1.29 is 91.6 Å². The minimum atomic E-state index is -1.30. The minimum Gasteiger partial charge on any atom is -0.477 e. The van der Waals surface area contributed by atoms with E-state index in [1.165, 1.54) is 44.4 Å². The Kier molecular flexibility index (Phi) is 24.6. The average Bonchev–Trinajstić information content (AvgIpc) is 1.69. The topological polar surface area (TPSA) is 320 Å². The maximum absolute atomic E-state index is 14.4. The van der Waals surface area contributed by atoms with Crippen LogP contribution in [0, 0.1) is 84.2 Å². The minimum absolute atomic E-state index is 0.00174. The number of aryl methyl sites for hydroxylation is 5. The van der Waals surface area contributed by atoms with Gasteiger partial charge < -0.3 is 49.9 Å². The lowest BCUT2D eigenvalue weighted by molar-refractivity contribution is 0.0644. The van der Waals surface area contributed by atoms with Crippen LogP contribution in [0.1, 0.15) is 151 Å². The maximum atomic E-state index is 14.4. The molecule has 4 saturated carbocycles. The van der Waals surface area contributed by atoms with Crippen LogP contribution in [0.25, 0.3) is 55.6 Å². The molecule has 4 N–H and O–H groups in total. The third-order valence-corrected chi connectivity index (χ3v) is 22.6. The first-order valence-corrected chi connectivity index (χ1v) is 41.4. The molecule has 10 aliphatic rings. The lowest BCUT2D eigenvalue weighted by atomic mass is 9.97. The number of halogens is 13. The molecule has 20 rings (SSSR count). The van der Waals surface area contributed by atoms with Gasteiger partial charge in [0, 0.05) is 74.3 Å². The van der Waals surface area contributed by atoms with E-state index in [1.807, 2.05) is 6.92 Å². The predicted octanol–water partition coefficient (Wildman–Crippen LogP) is 14.5. The van der Waals surface area contributed by atoms with Crippen molar-refractivity contribution in [2.45, 2.75) is 167 Å². The number of nitriles is 2. The van der Waals surface area contributed by atoms with E-state index in [4.69, 9.17) is 69.0 Å². The van der Waals surface area contributed by atoms with Gasteiger partial charge in [-0.1, -0.05) is 34.8 Å². The zero-order valence-corrected chi connectivity index (χ0v) is 69.2. The second-order valence-corrected chi connectivity index (χ2v) is 32.7. The molecule has 5 aromatic carbocycles. The second kappa shape index (κ2) is 35.7. The Morgan fingerprint density at radius 1 is 0.368 bits per heavy atom. The van der Waals surface area contributed by atoms with Gasteiger partial charge in [0.25, 0.3) is 29.5 Å². The number of carbonyl (C=O) groups excluding carboxylic acids is 5. The number of likely N-dealkylation sites (tertiary alicyclic amines) is 1. The van der Waals surface area contributed by atoms with E-state index in [0.717, 1.165) is 105 Å². The van der Waals surface area contributed by atoms with Crippen molar-refractivity contribution in [3.05, 3.63) is 173 Å². The summed E-state index contributed by atoms with van der Waals surface area (Å²) in [6.45, 7) is 8.01. The van der Waals surface area contributed by atoms with Gasteiger partial charge in [-0.25, -0.2) is 67.3 Å². The number of aromatic nitrogens is 10. The Hall–Kier alpha value is -12.4. The summed E-state index contributed by atoms with van der Waals surface area (Å²) in [5.74, 6) is -5.58. The normalized spacial score (nSPS) is 17.9. The highest BCUT2D eigenvalue weighted by Gasteiger charge is 2.41. The zero-order chi connectivity index (χ0) is 88.2. The summed E-state index contributed by atoms with van der Waals surface area (Å²) in [6.07, 6.45) is 6.02. The van der Waals surface area contributed by atoms with Crippen LogP contribution >= 0.6 is 34.8 Å². The van der Waals surface area contributed by atoms with Gasteiger partial charge in [-0.3, -0.25) is 24.0 Å². The number of carbonyl (C=O) groups is 5. The molecule has 10 aromatic rings. The van der Waals surface area contributed by atoms with Gasteiger partial charge in [-0.2, -0.15) is 36.0 Å². The molecule has 0 radical (unpaired) electrons. The fourth-order valence-corrected chi connectivity index (χ4v) is 15.2. The smallest absolute Gasteiger partial charge is 0.275 e. The van der Waals surface area contributed by atoms with Crippen molar-refractivity contribution in [3.8, 4) is 97.2 Å². The summed E-state index contributed by atoms with van der Waals surface area (Å²) in [5.41, 5.74) is 4.72. The van der Waals surface area contributed by atoms with Crippen LogP contribution in [0.15, 0.2) is 60.7 Å². The van der Waals surface area contributed by atoms with Crippen LogP contribution in [0.5, 0.6) is 29.4 Å². The molecule has 5 amide bonds. The number of fused-ring (bicyclic) bond motifs is 5. The monoisotopic (exact) mass is 1790 g/mol. The van der Waals surface area contributed by atoms with E-state index in [2.05, 4.69) is 46.8 Å². The fourth-order valence-electron chi connectivity index (χ4n) is 14.6. The fraction of sp³-hybridized carbons (Fsp3) is 0.388. The summed E-state index contributed by atoms with van der Waals surface area (Å²) in [7, 11) is 0. The first-order chi connectivity index (χ1) is 60.0. The summed E-state index contributed by atoms with van der Waals surface area (Å²) in [5, 5.41) is 50.0. The van der Waals surface area contributed by atoms with Crippen molar-refractivity contribution in [1.29, 1.82) is 10.5 Å². The first kappa shape index (κ1) is 86.2. The van der Waals surface area contributed by atoms with Gasteiger partial charge >= 0.3 is 0 Å². The summed E-state index contributed by atoms with van der Waals surface area (Å²) in [6, 6.07) is 15.8. The van der Waals surface area contributed by atoms with E-state index >= 15 is 0 Å². The molecule has 3 atom stereocenters. The number of hydrogen-bond donors (Lipinski definition) is 4. The van der Waals surface area contributed by atoms with Gasteiger partial charge in [0.15, 0.2) is 47.0 Å². The zero-order valence-electron chi connectivity index (χ0n) is 66.9. The van der Waals surface area contributed by atoms with Crippen molar-refractivity contribution in [2.75, 3.05) is 46.1 Å². The van der Waals surface area contributed by atoms with Crippen LogP contribution in [0.2, 0.25) is 15.1 Å². The van der Waals surface area contributed by atoms with E-state index in [1.54, 1.807) is 41.6 Å². The molecular formula is C85H76Cl3F10N17O10. The Balaban J connectivity index is 0.000000115. The van der Waals surface area contributed by atoms with Crippen LogP contribution in [-0.2, 0) is 32.7 Å². The van der Waals surface area contributed by atoms with Crippen molar-refractivity contribution >= 4 is 64.3 Å². The van der Waals surface area contributed by atoms with Gasteiger partial charge in [-0.15, -0.1) is 0 Å². The Morgan fingerprint density at radius 3 is 0.984 bits per heavy atom. The van der Waals surface area contributed by atoms with E-state index < -0.39 is 77.0 Å². The Bertz CT molecular complexity index is 5950. The molecule has 125 heavy (non-hydrogen) atoms. The molecule has 11 heterocycles. The number of nitrogens with one attached hydrogen (secondary N) is 4. The molecule has 5 fully saturated rings. The molecule has 40 heteroatoms. The predicted molar refractivity (Wildman–Crippen MR) is 431 cm³/mol. The average molecular weight is 1790 g/mol. The lowest BCUT2D eigenvalue weighted by Crippen LogP contribution is -2.42. The number of hydrogen-bond acceptors (Lipinski definition) is 17. The molecule has 0 bridgehead atoms. The lowest BCUT2D eigenvalue weighted by Gasteiger charge is -2.30. The number of rotatable bonds is 14. The van der Waals surface area contributed by atoms with Crippen LogP contribution in [-0.4, -0.2) is 172 Å². The highest BCUT2D eigenvalue weighted by Crippen LogP contribution is 2.46. The maximum Gasteiger partial charge on any atom is 0.275 e. The van der Waals surface area contributed by atoms with Crippen molar-refractivity contribution in [3.63, 3.8) is 0 Å². The third kappa shape index (κ3) is 18.3. The molecule has 1 unspecified atom stereocenters. The van der Waals surface area contributed by atoms with Gasteiger partial charge in [-0.05, 0) is 173 Å². The largest absolute Gasteiger partial charge is 0.477 e. The number of nitrogens with zero attached hydrogens (tertiary/aromatic N) is 13. The molecule has 5 aromatic heterocycles. The molecule has 652 valence electrons. The molecule has 0 spiro atoms. The number of amides is 5. The van der Waals surface area contributed by atoms with Gasteiger partial charge in [0.2, 0.25) is 29.4 Å². The summed E-state index contributed by atoms with van der Waals surface area (Å²) < 4.78 is 175. The number of alkyl halides is 3. The summed E-state index contributed by atoms with van der Waals surface area (Å²) in [4.78, 5) is 64.6. The van der Waals surface area contributed by atoms with Gasteiger partial charge in [0.1, 0.15) is 72.7 Å². The van der Waals surface area contributed by atoms with Crippen LogP contribution in [0.3, 0.4) is 0 Å². The van der Waals surface area contributed by atoms with Crippen LogP contribution < -0.4 is 45.0 Å². The van der Waals surface area contributed by atoms with Crippen LogP contribution in [0.4, 0.5) is 43.9 Å². The SMILES string of the molecule is Cc1cc(C#N)c(F)cc1-c1c(C(=O)NC2CC2)nn2c1OCC(F)C2.Cc1cc(C#N)c(F)cc1-c1c(C(=O)NC2CC2)nn2c1OC[C@H](F)C2.Cc1cc(Cl)c(F)cc1-c1c(C(=O)NC2CC2)nn2c1OCCC2.O=C(NC1CC1)c1nn2c(c1-c1cc(F)c(Cl)cc1F)OC[C@@H](F)C2.O=C(c1nn2c(c1-c1cc(F)c(Cl)cc1F)OCCC2)N1CCC1. The number of benzene rings is 5. The Morgan fingerprint density at radius 2 is 0.656 bits per heavy atom. The molecular weight excluding hydrogens is 1720 g/mol. The quantitative estimate of drug-likeness (QED) is 0.0580.